The fourth-order valence-corrected chi connectivity index (χ4v) is 5.29. The maximum absolute atomic E-state index is 13.3. The van der Waals surface area contributed by atoms with Crippen LogP contribution in [0, 0.1) is 5.92 Å². The summed E-state index contributed by atoms with van der Waals surface area (Å²) in [5.41, 5.74) is -0.139. The van der Waals surface area contributed by atoms with Crippen LogP contribution in [0.2, 0.25) is 0 Å². The Kier molecular flexibility index (Phi) is 4.16. The van der Waals surface area contributed by atoms with Gasteiger partial charge in [0, 0.05) is 25.7 Å². The number of hydrogen-bond donors (Lipinski definition) is 0. The molecular formula is C18H30N2O2. The van der Waals surface area contributed by atoms with E-state index in [4.69, 9.17) is 4.74 Å². The van der Waals surface area contributed by atoms with Crippen molar-refractivity contribution in [3.05, 3.63) is 0 Å². The predicted molar refractivity (Wildman–Crippen MR) is 85.7 cm³/mol. The number of likely N-dealkylation sites (tertiary alicyclic amines) is 2. The Morgan fingerprint density at radius 1 is 1.05 bits per heavy atom. The fourth-order valence-electron chi connectivity index (χ4n) is 5.29. The highest BCUT2D eigenvalue weighted by molar-refractivity contribution is 5.89. The normalized spacial score (nSPS) is 37.7. The lowest BCUT2D eigenvalue weighted by molar-refractivity contribution is -0.139. The molecule has 0 bridgehead atoms. The molecule has 1 aliphatic carbocycles. The summed E-state index contributed by atoms with van der Waals surface area (Å²) >= 11 is 0. The van der Waals surface area contributed by atoms with Crippen LogP contribution in [0.4, 0.5) is 0 Å². The molecule has 4 aliphatic rings. The molecule has 2 atom stereocenters. The molecule has 1 saturated carbocycles. The number of ether oxygens (including phenoxy) is 1. The monoisotopic (exact) mass is 306 g/mol. The van der Waals surface area contributed by atoms with Gasteiger partial charge in [0.2, 0.25) is 5.91 Å². The third-order valence-electron chi connectivity index (χ3n) is 6.57. The molecule has 4 fully saturated rings. The molecule has 0 radical (unpaired) electrons. The van der Waals surface area contributed by atoms with E-state index in [-0.39, 0.29) is 5.54 Å². The van der Waals surface area contributed by atoms with Gasteiger partial charge in [-0.2, -0.15) is 0 Å². The van der Waals surface area contributed by atoms with Crippen molar-refractivity contribution >= 4 is 5.91 Å². The Labute approximate surface area is 134 Å². The molecule has 22 heavy (non-hydrogen) atoms. The van der Waals surface area contributed by atoms with Gasteiger partial charge in [-0.05, 0) is 51.0 Å². The van der Waals surface area contributed by atoms with Gasteiger partial charge in [-0.1, -0.05) is 19.3 Å². The molecule has 4 heteroatoms. The summed E-state index contributed by atoms with van der Waals surface area (Å²) in [4.78, 5) is 18.1. The van der Waals surface area contributed by atoms with Gasteiger partial charge in [-0.15, -0.1) is 0 Å². The molecule has 3 saturated heterocycles. The molecule has 3 aliphatic heterocycles. The number of rotatable bonds is 3. The van der Waals surface area contributed by atoms with E-state index in [1.807, 2.05) is 0 Å². The Bertz CT molecular complexity index is 415. The summed E-state index contributed by atoms with van der Waals surface area (Å²) in [5, 5.41) is 0. The number of carbonyl (C=O) groups is 1. The Morgan fingerprint density at radius 2 is 1.91 bits per heavy atom. The standard InChI is InChI=1S/C18H30N2O2/c21-17-18(9-11-20(17)16-5-2-1-3-6-16)8-4-10-19(18)13-15-7-12-22-14-15/h15-16H,1-14H2. The van der Waals surface area contributed by atoms with E-state index in [9.17, 15) is 4.79 Å². The van der Waals surface area contributed by atoms with E-state index >= 15 is 0 Å². The number of amides is 1. The zero-order valence-electron chi connectivity index (χ0n) is 13.8. The van der Waals surface area contributed by atoms with Crippen molar-refractivity contribution in [2.75, 3.05) is 32.8 Å². The van der Waals surface area contributed by atoms with Gasteiger partial charge < -0.3 is 9.64 Å². The Hall–Kier alpha value is -0.610. The molecule has 4 rings (SSSR count). The average molecular weight is 306 g/mol. The summed E-state index contributed by atoms with van der Waals surface area (Å²) in [5.74, 6) is 1.11. The second kappa shape index (κ2) is 6.12. The molecule has 124 valence electrons. The van der Waals surface area contributed by atoms with Gasteiger partial charge in [0.15, 0.2) is 0 Å². The molecule has 0 aromatic heterocycles. The molecule has 2 unspecified atom stereocenters. The lowest BCUT2D eigenvalue weighted by atomic mass is 9.92. The summed E-state index contributed by atoms with van der Waals surface area (Å²) < 4.78 is 5.54. The number of carbonyl (C=O) groups excluding carboxylic acids is 1. The first-order valence-corrected chi connectivity index (χ1v) is 9.43. The quantitative estimate of drug-likeness (QED) is 0.803. The second-order valence-corrected chi connectivity index (χ2v) is 7.85. The van der Waals surface area contributed by atoms with Gasteiger partial charge in [-0.25, -0.2) is 0 Å². The van der Waals surface area contributed by atoms with Crippen LogP contribution in [0.25, 0.3) is 0 Å². The molecule has 4 nitrogen and oxygen atoms in total. The summed E-state index contributed by atoms with van der Waals surface area (Å²) in [6.45, 7) is 4.99. The molecule has 0 aromatic rings. The van der Waals surface area contributed by atoms with Crippen LogP contribution in [0.3, 0.4) is 0 Å². The van der Waals surface area contributed by atoms with E-state index in [1.165, 1.54) is 44.9 Å². The second-order valence-electron chi connectivity index (χ2n) is 7.85. The summed E-state index contributed by atoms with van der Waals surface area (Å²) in [6, 6.07) is 0.540. The van der Waals surface area contributed by atoms with Crippen molar-refractivity contribution in [1.29, 1.82) is 0 Å². The fraction of sp³-hybridized carbons (Fsp3) is 0.944. The molecule has 1 amide bonds. The van der Waals surface area contributed by atoms with Crippen molar-refractivity contribution < 1.29 is 9.53 Å². The topological polar surface area (TPSA) is 32.8 Å². The zero-order valence-corrected chi connectivity index (χ0v) is 13.8. The predicted octanol–water partition coefficient (Wildman–Crippen LogP) is 2.42. The van der Waals surface area contributed by atoms with E-state index in [2.05, 4.69) is 9.80 Å². The Balaban J connectivity index is 1.46. The van der Waals surface area contributed by atoms with Crippen molar-refractivity contribution in [3.8, 4) is 0 Å². The lowest BCUT2D eigenvalue weighted by Crippen LogP contribution is -2.53. The summed E-state index contributed by atoms with van der Waals surface area (Å²) in [6.07, 6.45) is 11.0. The smallest absolute Gasteiger partial charge is 0.243 e. The van der Waals surface area contributed by atoms with Crippen LogP contribution < -0.4 is 0 Å². The highest BCUT2D eigenvalue weighted by Crippen LogP contribution is 2.41. The van der Waals surface area contributed by atoms with Crippen molar-refractivity contribution in [1.82, 2.24) is 9.80 Å². The van der Waals surface area contributed by atoms with Crippen LogP contribution in [0.15, 0.2) is 0 Å². The van der Waals surface area contributed by atoms with Crippen LogP contribution in [-0.2, 0) is 9.53 Å². The number of nitrogens with zero attached hydrogens (tertiary/aromatic N) is 2. The zero-order chi connectivity index (χ0) is 15.0. The van der Waals surface area contributed by atoms with Crippen LogP contribution in [0.1, 0.15) is 57.8 Å². The SMILES string of the molecule is O=C1N(C2CCCCC2)CCC12CCCN2CC1CCOC1. The van der Waals surface area contributed by atoms with Gasteiger partial charge in [0.25, 0.3) is 0 Å². The van der Waals surface area contributed by atoms with Gasteiger partial charge >= 0.3 is 0 Å². The van der Waals surface area contributed by atoms with E-state index < -0.39 is 0 Å². The lowest BCUT2D eigenvalue weighted by Gasteiger charge is -2.37. The van der Waals surface area contributed by atoms with Crippen LogP contribution >= 0.6 is 0 Å². The third-order valence-corrected chi connectivity index (χ3v) is 6.57. The maximum atomic E-state index is 13.3. The van der Waals surface area contributed by atoms with Crippen LogP contribution in [-0.4, -0.2) is 60.1 Å². The van der Waals surface area contributed by atoms with Crippen LogP contribution in [0.5, 0.6) is 0 Å². The summed E-state index contributed by atoms with van der Waals surface area (Å²) in [7, 11) is 0. The van der Waals surface area contributed by atoms with E-state index in [0.29, 0.717) is 17.9 Å². The largest absolute Gasteiger partial charge is 0.381 e. The van der Waals surface area contributed by atoms with Crippen molar-refractivity contribution in [2.24, 2.45) is 5.92 Å². The minimum Gasteiger partial charge on any atom is -0.381 e. The molecule has 3 heterocycles. The highest BCUT2D eigenvalue weighted by Gasteiger charge is 2.54. The first-order valence-electron chi connectivity index (χ1n) is 9.43. The molecule has 0 N–H and O–H groups in total. The first-order chi connectivity index (χ1) is 10.8. The minimum atomic E-state index is -0.139. The first kappa shape index (κ1) is 14.9. The highest BCUT2D eigenvalue weighted by atomic mass is 16.5. The molecule has 0 aromatic carbocycles. The van der Waals surface area contributed by atoms with Crippen molar-refractivity contribution in [2.45, 2.75) is 69.4 Å². The van der Waals surface area contributed by atoms with E-state index in [1.54, 1.807) is 0 Å². The molecule has 1 spiro atoms. The number of hydrogen-bond acceptors (Lipinski definition) is 3. The third kappa shape index (κ3) is 2.48. The Morgan fingerprint density at radius 3 is 2.68 bits per heavy atom. The van der Waals surface area contributed by atoms with Gasteiger partial charge in [-0.3, -0.25) is 9.69 Å². The van der Waals surface area contributed by atoms with E-state index in [0.717, 1.165) is 45.7 Å². The minimum absolute atomic E-state index is 0.139. The maximum Gasteiger partial charge on any atom is 0.243 e. The van der Waals surface area contributed by atoms with Gasteiger partial charge in [0.05, 0.1) is 6.61 Å². The molecular weight excluding hydrogens is 276 g/mol. The van der Waals surface area contributed by atoms with Crippen molar-refractivity contribution in [3.63, 3.8) is 0 Å². The average Bonchev–Trinajstić information content (AvgIpc) is 3.26. The van der Waals surface area contributed by atoms with Gasteiger partial charge in [0.1, 0.15) is 5.54 Å².